The summed E-state index contributed by atoms with van der Waals surface area (Å²) in [6.07, 6.45) is -5.01. The van der Waals surface area contributed by atoms with Gasteiger partial charge in [-0.25, -0.2) is 0 Å². The van der Waals surface area contributed by atoms with Crippen LogP contribution in [0.3, 0.4) is 0 Å². The second kappa shape index (κ2) is 2.82. The predicted octanol–water partition coefficient (Wildman–Crippen LogP) is 0.864. The lowest BCUT2D eigenvalue weighted by molar-refractivity contribution is -0.122. The smallest absolute Gasteiger partial charge is 0.196 e. The first-order valence-corrected chi connectivity index (χ1v) is 3.80. The van der Waals surface area contributed by atoms with Crippen LogP contribution in [0.2, 0.25) is 0 Å². The van der Waals surface area contributed by atoms with E-state index in [0.29, 0.717) is 0 Å². The van der Waals surface area contributed by atoms with E-state index in [4.69, 9.17) is 0 Å². The molecule has 0 heterocycles. The van der Waals surface area contributed by atoms with Gasteiger partial charge < -0.3 is 0 Å². The van der Waals surface area contributed by atoms with Crippen molar-refractivity contribution in [2.75, 3.05) is 0 Å². The number of hydrogen-bond acceptors (Lipinski definition) is 2. The van der Waals surface area contributed by atoms with Gasteiger partial charge in [-0.2, -0.15) is 21.6 Å². The molecule has 0 aromatic rings. The monoisotopic (exact) mass is 189 g/mol. The maximum atomic E-state index is 11.6. The molecule has 1 radical (unpaired) electrons. The van der Waals surface area contributed by atoms with Crippen LogP contribution in [0, 0.1) is 0 Å². The van der Waals surface area contributed by atoms with Gasteiger partial charge in [-0.3, -0.25) is 0 Å². The lowest BCUT2D eigenvalue weighted by Gasteiger charge is -2.10. The largest absolute Gasteiger partial charge is 0.411 e. The fourth-order valence-electron chi connectivity index (χ4n) is 0.415. The summed E-state index contributed by atoms with van der Waals surface area (Å²) in [5, 5.41) is -3.00. The first-order valence-electron chi connectivity index (χ1n) is 2.33. The Hall–Kier alpha value is -0.560. The van der Waals surface area contributed by atoms with E-state index in [2.05, 4.69) is 6.58 Å². The molecule has 1 atom stereocenters. The zero-order valence-corrected chi connectivity index (χ0v) is 5.95. The van der Waals surface area contributed by atoms with E-state index in [1.807, 2.05) is 0 Å². The molecule has 7 heteroatoms. The average Bonchev–Trinajstić information content (AvgIpc) is 1.56. The van der Waals surface area contributed by atoms with Crippen molar-refractivity contribution in [1.29, 1.82) is 0 Å². The highest BCUT2D eigenvalue weighted by Gasteiger charge is 2.46. The van der Waals surface area contributed by atoms with Crippen LogP contribution in [0.1, 0.15) is 0 Å². The summed E-state index contributed by atoms with van der Waals surface area (Å²) in [6.45, 7) is 2.59. The second-order valence-corrected chi connectivity index (χ2v) is 3.18. The summed E-state index contributed by atoms with van der Waals surface area (Å²) in [4.78, 5) is 0. The molecule has 0 aromatic heterocycles. The van der Waals surface area contributed by atoms with Gasteiger partial charge in [0, 0.05) is 0 Å². The molecule has 0 bridgehead atoms. The Labute approximate surface area is 61.3 Å². The van der Waals surface area contributed by atoms with Crippen LogP contribution >= 0.6 is 0 Å². The van der Waals surface area contributed by atoms with Crippen molar-refractivity contribution >= 4 is 10.1 Å². The van der Waals surface area contributed by atoms with E-state index in [9.17, 15) is 26.1 Å². The molecule has 0 saturated carbocycles. The molecule has 0 N–H and O–H groups in total. The quantitative estimate of drug-likeness (QED) is 0.605. The minimum atomic E-state index is -5.37. The summed E-state index contributed by atoms with van der Waals surface area (Å²) in [6, 6.07) is 0. The zero-order chi connectivity index (χ0) is 9.28. The third-order valence-electron chi connectivity index (χ3n) is 0.848. The number of hydrogen-bond donors (Lipinski definition) is 0. The Bertz CT molecular complexity index is 240. The van der Waals surface area contributed by atoms with Gasteiger partial charge in [0.1, 0.15) is 0 Å². The highest BCUT2D eigenvalue weighted by Crippen LogP contribution is 2.26. The molecule has 3 nitrogen and oxygen atoms in total. The zero-order valence-electron chi connectivity index (χ0n) is 5.13. The molecule has 65 valence electrons. The number of alkyl halides is 3. The molecule has 0 aliphatic carbocycles. The topological polar surface area (TPSA) is 54.0 Å². The Kier molecular flexibility index (Phi) is 2.68. The van der Waals surface area contributed by atoms with E-state index in [1.54, 1.807) is 0 Å². The summed E-state index contributed by atoms with van der Waals surface area (Å²) < 4.78 is 64.3. The molecular weight excluding hydrogens is 185 g/mol. The molecule has 0 rings (SSSR count). The Morgan fingerprint density at radius 3 is 1.73 bits per heavy atom. The van der Waals surface area contributed by atoms with Crippen LogP contribution in [-0.4, -0.2) is 19.8 Å². The second-order valence-electron chi connectivity index (χ2n) is 1.69. The van der Waals surface area contributed by atoms with Crippen molar-refractivity contribution in [1.82, 2.24) is 0 Å². The summed E-state index contributed by atoms with van der Waals surface area (Å²) in [5.41, 5.74) is 0. The Balaban J connectivity index is 4.87. The van der Waals surface area contributed by atoms with E-state index in [0.717, 1.165) is 0 Å². The molecule has 0 aromatic carbocycles. The van der Waals surface area contributed by atoms with Crippen LogP contribution in [-0.2, 0) is 14.7 Å². The van der Waals surface area contributed by atoms with Crippen LogP contribution in [0.5, 0.6) is 0 Å². The molecule has 0 fully saturated rings. The van der Waals surface area contributed by atoms with E-state index < -0.39 is 21.5 Å². The van der Waals surface area contributed by atoms with Gasteiger partial charge in [-0.05, 0) is 0 Å². The van der Waals surface area contributed by atoms with Crippen LogP contribution in [0.25, 0.3) is 0 Å². The van der Waals surface area contributed by atoms with Crippen LogP contribution in [0.4, 0.5) is 13.2 Å². The van der Waals surface area contributed by atoms with Crippen LogP contribution in [0.15, 0.2) is 12.7 Å². The van der Waals surface area contributed by atoms with Crippen molar-refractivity contribution in [3.8, 4) is 0 Å². The van der Waals surface area contributed by atoms with Crippen LogP contribution < -0.4 is 0 Å². The fraction of sp³-hybridized carbons (Fsp3) is 0.500. The molecular formula is C4H4F3O3S. The summed E-state index contributed by atoms with van der Waals surface area (Å²) >= 11 is 0. The highest BCUT2D eigenvalue weighted by atomic mass is 32.2. The van der Waals surface area contributed by atoms with Crippen molar-refractivity contribution < 1.29 is 26.1 Å². The van der Waals surface area contributed by atoms with Gasteiger partial charge in [-0.15, -0.1) is 6.58 Å². The molecule has 1 unspecified atom stereocenters. The first kappa shape index (κ1) is 10.4. The van der Waals surface area contributed by atoms with E-state index >= 15 is 0 Å². The molecule has 0 aliphatic rings. The number of halogens is 3. The Morgan fingerprint density at radius 2 is 1.73 bits per heavy atom. The normalized spacial score (nSPS) is 16.0. The Morgan fingerprint density at radius 1 is 1.36 bits per heavy atom. The molecule has 0 amide bonds. The number of rotatable bonds is 2. The third-order valence-corrected chi connectivity index (χ3v) is 1.93. The maximum Gasteiger partial charge on any atom is 0.411 e. The van der Waals surface area contributed by atoms with Gasteiger partial charge in [0.2, 0.25) is 5.25 Å². The molecule has 0 aliphatic heterocycles. The lowest BCUT2D eigenvalue weighted by atomic mass is 10.4. The average molecular weight is 189 g/mol. The fourth-order valence-corrected chi connectivity index (χ4v) is 0.978. The van der Waals surface area contributed by atoms with Crippen molar-refractivity contribution in [3.05, 3.63) is 12.7 Å². The van der Waals surface area contributed by atoms with Gasteiger partial charge in [0.15, 0.2) is 0 Å². The SMILES string of the molecule is C=CC(C(F)(F)F)S([O])(=O)=O. The van der Waals surface area contributed by atoms with Crippen molar-refractivity contribution in [3.63, 3.8) is 0 Å². The van der Waals surface area contributed by atoms with Crippen molar-refractivity contribution in [2.45, 2.75) is 11.4 Å². The van der Waals surface area contributed by atoms with Gasteiger partial charge in [0.05, 0.1) is 0 Å². The maximum absolute atomic E-state index is 11.6. The van der Waals surface area contributed by atoms with E-state index in [-0.39, 0.29) is 6.08 Å². The predicted molar refractivity (Wildman–Crippen MR) is 29.6 cm³/mol. The first-order chi connectivity index (χ1) is 4.69. The standard InChI is InChI=1S/C4H4F3O3S/c1-2-3(4(5,6)7)11(8,9)10/h2-3H,1H2. The summed E-state index contributed by atoms with van der Waals surface area (Å²) in [7, 11) is -5.37. The minimum absolute atomic E-state index is 0.0579. The molecule has 0 spiro atoms. The molecule has 0 saturated heterocycles. The lowest BCUT2D eigenvalue weighted by Crippen LogP contribution is -2.33. The molecule has 11 heavy (non-hydrogen) atoms. The summed E-state index contributed by atoms with van der Waals surface area (Å²) in [5.74, 6) is 0. The highest BCUT2D eigenvalue weighted by molar-refractivity contribution is 7.86. The van der Waals surface area contributed by atoms with E-state index in [1.165, 1.54) is 0 Å². The van der Waals surface area contributed by atoms with Gasteiger partial charge in [0.25, 0.3) is 0 Å². The van der Waals surface area contributed by atoms with Crippen molar-refractivity contribution in [2.24, 2.45) is 0 Å². The van der Waals surface area contributed by atoms with Gasteiger partial charge in [-0.1, -0.05) is 10.6 Å². The minimum Gasteiger partial charge on any atom is -0.196 e. The third kappa shape index (κ3) is 2.89. The van der Waals surface area contributed by atoms with Gasteiger partial charge >= 0.3 is 16.3 Å².